The number of amides is 1. The number of phenols is 1. The van der Waals surface area contributed by atoms with E-state index < -0.39 is 0 Å². The summed E-state index contributed by atoms with van der Waals surface area (Å²) in [5.41, 5.74) is 3.89. The lowest BCUT2D eigenvalue weighted by atomic mass is 10.1. The summed E-state index contributed by atoms with van der Waals surface area (Å²) in [6.07, 6.45) is 3.75. The molecule has 1 aliphatic heterocycles. The lowest BCUT2D eigenvalue weighted by Gasteiger charge is -2.20. The third-order valence-electron chi connectivity index (χ3n) is 4.66. The fourth-order valence-corrected chi connectivity index (χ4v) is 3.81. The largest absolute Gasteiger partial charge is 0.508 e. The highest BCUT2D eigenvalue weighted by Gasteiger charge is 2.30. The van der Waals surface area contributed by atoms with Crippen molar-refractivity contribution in [3.63, 3.8) is 0 Å². The first-order chi connectivity index (χ1) is 14.1. The van der Waals surface area contributed by atoms with Crippen LogP contribution in [0.15, 0.2) is 88.9 Å². The highest BCUT2D eigenvalue weighted by Crippen LogP contribution is 2.36. The Balaban J connectivity index is 1.79. The average Bonchev–Trinajstić information content (AvgIpc) is 3.06. The Kier molecular flexibility index (Phi) is 5.23. The van der Waals surface area contributed by atoms with E-state index in [2.05, 4.69) is 15.9 Å². The summed E-state index contributed by atoms with van der Waals surface area (Å²) < 4.78 is 6.10. The zero-order valence-electron chi connectivity index (χ0n) is 15.7. The third kappa shape index (κ3) is 3.82. The number of carbonyl (C=O) groups is 1. The number of methoxy groups -OCH3 is 1. The van der Waals surface area contributed by atoms with Gasteiger partial charge in [-0.05, 0) is 75.6 Å². The fraction of sp³-hybridized carbons (Fsp3) is 0.0417. The van der Waals surface area contributed by atoms with Gasteiger partial charge in [0.15, 0.2) is 0 Å². The molecule has 3 aromatic rings. The van der Waals surface area contributed by atoms with Crippen LogP contribution in [0.4, 0.5) is 5.69 Å². The second-order valence-corrected chi connectivity index (χ2v) is 7.40. The maximum Gasteiger partial charge on any atom is 0.262 e. The molecule has 1 aliphatic rings. The van der Waals surface area contributed by atoms with Crippen LogP contribution in [0.2, 0.25) is 0 Å². The summed E-state index contributed by atoms with van der Waals surface area (Å²) in [7, 11) is 1.61. The number of anilines is 1. The van der Waals surface area contributed by atoms with E-state index in [0.29, 0.717) is 11.3 Å². The predicted molar refractivity (Wildman–Crippen MR) is 119 cm³/mol. The molecule has 0 saturated carbocycles. The zero-order valence-corrected chi connectivity index (χ0v) is 17.3. The topological polar surface area (TPSA) is 49.8 Å². The van der Waals surface area contributed by atoms with Gasteiger partial charge in [-0.2, -0.15) is 0 Å². The van der Waals surface area contributed by atoms with Gasteiger partial charge in [0.2, 0.25) is 0 Å². The van der Waals surface area contributed by atoms with E-state index in [1.807, 2.05) is 60.7 Å². The Morgan fingerprint density at radius 2 is 1.72 bits per heavy atom. The van der Waals surface area contributed by atoms with Crippen molar-refractivity contribution in [2.45, 2.75) is 0 Å². The molecule has 3 aromatic carbocycles. The minimum Gasteiger partial charge on any atom is -0.508 e. The predicted octanol–water partition coefficient (Wildman–Crippen LogP) is 5.63. The normalized spacial score (nSPS) is 15.0. The monoisotopic (exact) mass is 447 g/mol. The number of rotatable bonds is 4. The molecule has 5 heteroatoms. The van der Waals surface area contributed by atoms with Crippen molar-refractivity contribution in [2.24, 2.45) is 0 Å². The zero-order chi connectivity index (χ0) is 20.4. The number of aromatic hydroxyl groups is 1. The first-order valence-corrected chi connectivity index (χ1v) is 9.82. The van der Waals surface area contributed by atoms with E-state index in [9.17, 15) is 9.90 Å². The van der Waals surface area contributed by atoms with Crippen LogP contribution in [0.1, 0.15) is 11.1 Å². The molecule has 1 heterocycles. The molecule has 29 heavy (non-hydrogen) atoms. The lowest BCUT2D eigenvalue weighted by Crippen LogP contribution is -2.24. The van der Waals surface area contributed by atoms with E-state index in [4.69, 9.17) is 4.74 Å². The van der Waals surface area contributed by atoms with Gasteiger partial charge in [0.25, 0.3) is 5.91 Å². The number of benzene rings is 3. The quantitative estimate of drug-likeness (QED) is 0.526. The van der Waals surface area contributed by atoms with Gasteiger partial charge in [-0.25, -0.2) is 0 Å². The maximum atomic E-state index is 13.3. The van der Waals surface area contributed by atoms with Gasteiger partial charge >= 0.3 is 0 Å². The number of carbonyl (C=O) groups excluding carboxylic acids is 1. The number of hydrogen-bond donors (Lipinski definition) is 1. The van der Waals surface area contributed by atoms with Crippen LogP contribution in [-0.4, -0.2) is 18.1 Å². The van der Waals surface area contributed by atoms with E-state index >= 15 is 0 Å². The number of ether oxygens (including phenoxy) is 1. The second kappa shape index (κ2) is 7.97. The summed E-state index contributed by atoms with van der Waals surface area (Å²) in [6, 6.07) is 22.1. The molecule has 0 aromatic heterocycles. The van der Waals surface area contributed by atoms with E-state index in [1.165, 1.54) is 0 Å². The number of phenolic OH excluding ortho intramolecular Hbond substituents is 1. The molecule has 0 fully saturated rings. The summed E-state index contributed by atoms with van der Waals surface area (Å²) in [5, 5.41) is 9.62. The highest BCUT2D eigenvalue weighted by atomic mass is 79.9. The van der Waals surface area contributed by atoms with Gasteiger partial charge in [-0.1, -0.05) is 36.4 Å². The molecule has 0 saturated heterocycles. The van der Waals surface area contributed by atoms with Crippen LogP contribution in [0.5, 0.6) is 11.5 Å². The Hall–Kier alpha value is -3.31. The van der Waals surface area contributed by atoms with Crippen molar-refractivity contribution in [1.82, 2.24) is 0 Å². The van der Waals surface area contributed by atoms with Crippen LogP contribution in [0.25, 0.3) is 11.8 Å². The Morgan fingerprint density at radius 1 is 1.00 bits per heavy atom. The van der Waals surface area contributed by atoms with Crippen molar-refractivity contribution in [1.29, 1.82) is 0 Å². The molecule has 0 aliphatic carbocycles. The Labute approximate surface area is 177 Å². The van der Waals surface area contributed by atoms with Crippen LogP contribution < -0.4 is 9.64 Å². The third-order valence-corrected chi connectivity index (χ3v) is 5.28. The van der Waals surface area contributed by atoms with Gasteiger partial charge in [-0.15, -0.1) is 0 Å². The Morgan fingerprint density at radius 3 is 2.38 bits per heavy atom. The molecule has 0 unspecified atom stereocenters. The maximum absolute atomic E-state index is 13.3. The fourth-order valence-electron chi connectivity index (χ4n) is 3.25. The molecule has 0 bridgehead atoms. The molecule has 0 atom stereocenters. The molecule has 4 nitrogen and oxygen atoms in total. The smallest absolute Gasteiger partial charge is 0.262 e. The van der Waals surface area contributed by atoms with E-state index in [1.54, 1.807) is 36.3 Å². The minimum absolute atomic E-state index is 0.124. The lowest BCUT2D eigenvalue weighted by molar-refractivity contribution is -0.113. The van der Waals surface area contributed by atoms with E-state index in [0.717, 1.165) is 27.0 Å². The van der Waals surface area contributed by atoms with Crippen molar-refractivity contribution >= 4 is 39.3 Å². The molecular formula is C24H18BrNO3. The first kappa shape index (κ1) is 19.0. The summed E-state index contributed by atoms with van der Waals surface area (Å²) in [6.45, 7) is 0. The molecule has 1 amide bonds. The standard InChI is InChI=1S/C24H18BrNO3/c1-29-23-12-7-16(14-21(23)25)13-18-15-22(17-5-3-2-4-6-17)26(24(18)28)19-8-10-20(27)11-9-19/h2-15,27H,1H3/b18-13+. The minimum atomic E-state index is -0.124. The SMILES string of the molecule is COc1ccc(/C=C2\C=C(c3ccccc3)N(c3ccc(O)cc3)C2=O)cc1Br. The van der Waals surface area contributed by atoms with Crippen molar-refractivity contribution in [3.05, 3.63) is 100 Å². The summed E-state index contributed by atoms with van der Waals surface area (Å²) in [5.74, 6) is 0.766. The second-order valence-electron chi connectivity index (χ2n) is 6.55. The van der Waals surface area contributed by atoms with Crippen LogP contribution in [-0.2, 0) is 4.79 Å². The van der Waals surface area contributed by atoms with E-state index in [-0.39, 0.29) is 11.7 Å². The molecular weight excluding hydrogens is 430 g/mol. The van der Waals surface area contributed by atoms with Gasteiger partial charge < -0.3 is 9.84 Å². The van der Waals surface area contributed by atoms with Gasteiger partial charge in [-0.3, -0.25) is 9.69 Å². The number of halogens is 1. The number of hydrogen-bond acceptors (Lipinski definition) is 3. The van der Waals surface area contributed by atoms with Crippen LogP contribution >= 0.6 is 15.9 Å². The molecule has 4 rings (SSSR count). The van der Waals surface area contributed by atoms with Crippen molar-refractivity contribution in [2.75, 3.05) is 12.0 Å². The first-order valence-electron chi connectivity index (χ1n) is 9.02. The highest BCUT2D eigenvalue weighted by molar-refractivity contribution is 9.10. The molecule has 0 spiro atoms. The van der Waals surface area contributed by atoms with Crippen LogP contribution in [0, 0.1) is 0 Å². The van der Waals surface area contributed by atoms with Gasteiger partial charge in [0, 0.05) is 11.3 Å². The molecule has 0 radical (unpaired) electrons. The average molecular weight is 448 g/mol. The number of nitrogens with zero attached hydrogens (tertiary/aromatic N) is 1. The van der Waals surface area contributed by atoms with Crippen LogP contribution in [0.3, 0.4) is 0 Å². The molecule has 144 valence electrons. The Bertz CT molecular complexity index is 1120. The summed E-state index contributed by atoms with van der Waals surface area (Å²) >= 11 is 3.49. The van der Waals surface area contributed by atoms with Crippen molar-refractivity contribution in [3.8, 4) is 11.5 Å². The van der Waals surface area contributed by atoms with Crippen molar-refractivity contribution < 1.29 is 14.6 Å². The molecule has 1 N–H and O–H groups in total. The van der Waals surface area contributed by atoms with Gasteiger partial charge in [0.1, 0.15) is 11.5 Å². The van der Waals surface area contributed by atoms with Gasteiger partial charge in [0.05, 0.1) is 17.3 Å². The summed E-state index contributed by atoms with van der Waals surface area (Å²) in [4.78, 5) is 15.0.